The van der Waals surface area contributed by atoms with Crippen LogP contribution in [-0.2, 0) is 14.8 Å². The maximum atomic E-state index is 12.8. The topological polar surface area (TPSA) is 105 Å². The number of halogens is 2. The number of carbonyl (C=O) groups is 1. The number of amides is 1. The standard InChI is InChI=1S/C17H19Cl2N5O4S/c1-10(24-17(26)15(19)12(18)9-20-24)16(25)21-11-4-5-13-14(8-11)29(27,28)23(3)7-6-22(13)2/h4-5,8-10H,6-7H2,1-3H3,(H,21,25)/t10-/m0/s1. The summed E-state index contributed by atoms with van der Waals surface area (Å²) >= 11 is 11.6. The SMILES string of the molecule is C[C@@H](C(=O)Nc1ccc2c(c1)S(=O)(=O)N(C)CCN2C)n1ncc(Cl)c(Cl)c1=O. The van der Waals surface area contributed by atoms with Crippen molar-refractivity contribution in [2.24, 2.45) is 0 Å². The molecule has 1 atom stereocenters. The van der Waals surface area contributed by atoms with Gasteiger partial charge < -0.3 is 10.2 Å². The molecule has 0 radical (unpaired) electrons. The zero-order chi connectivity index (χ0) is 21.5. The Kier molecular flexibility index (Phi) is 5.91. The van der Waals surface area contributed by atoms with Crippen LogP contribution in [-0.4, -0.2) is 55.6 Å². The molecule has 12 heteroatoms. The van der Waals surface area contributed by atoms with E-state index in [9.17, 15) is 18.0 Å². The molecule has 0 unspecified atom stereocenters. The van der Waals surface area contributed by atoms with Crippen LogP contribution in [0.3, 0.4) is 0 Å². The van der Waals surface area contributed by atoms with Crippen molar-refractivity contribution >= 4 is 50.5 Å². The fraction of sp³-hybridized carbons (Fsp3) is 0.353. The first kappa shape index (κ1) is 21.6. The zero-order valence-corrected chi connectivity index (χ0v) is 18.2. The molecule has 0 saturated carbocycles. The van der Waals surface area contributed by atoms with Gasteiger partial charge in [-0.15, -0.1) is 0 Å². The van der Waals surface area contributed by atoms with E-state index in [0.29, 0.717) is 18.8 Å². The van der Waals surface area contributed by atoms with Gasteiger partial charge in [-0.3, -0.25) is 9.59 Å². The molecule has 0 saturated heterocycles. The Bertz CT molecular complexity index is 1140. The molecule has 29 heavy (non-hydrogen) atoms. The van der Waals surface area contributed by atoms with Crippen LogP contribution in [0.4, 0.5) is 11.4 Å². The van der Waals surface area contributed by atoms with Crippen LogP contribution in [0.2, 0.25) is 10.0 Å². The van der Waals surface area contributed by atoms with Gasteiger partial charge in [0.1, 0.15) is 16.0 Å². The summed E-state index contributed by atoms with van der Waals surface area (Å²) in [7, 11) is -0.388. The number of nitrogens with zero attached hydrogens (tertiary/aromatic N) is 4. The van der Waals surface area contributed by atoms with Crippen molar-refractivity contribution in [2.75, 3.05) is 37.4 Å². The van der Waals surface area contributed by atoms with Crippen LogP contribution in [0.15, 0.2) is 34.1 Å². The molecule has 9 nitrogen and oxygen atoms in total. The number of hydrogen-bond acceptors (Lipinski definition) is 6. The average Bonchev–Trinajstić information content (AvgIpc) is 2.76. The van der Waals surface area contributed by atoms with E-state index in [1.165, 1.54) is 30.5 Å². The van der Waals surface area contributed by atoms with E-state index in [1.54, 1.807) is 19.2 Å². The van der Waals surface area contributed by atoms with Crippen molar-refractivity contribution < 1.29 is 13.2 Å². The minimum atomic E-state index is -3.70. The summed E-state index contributed by atoms with van der Waals surface area (Å²) in [5, 5.41) is 6.23. The minimum absolute atomic E-state index is 0.00952. The highest BCUT2D eigenvalue weighted by atomic mass is 35.5. The predicted octanol–water partition coefficient (Wildman–Crippen LogP) is 1.82. The van der Waals surface area contributed by atoms with Gasteiger partial charge in [0.05, 0.1) is 16.9 Å². The number of nitrogens with one attached hydrogen (secondary N) is 1. The largest absolute Gasteiger partial charge is 0.372 e. The van der Waals surface area contributed by atoms with Gasteiger partial charge in [0, 0.05) is 32.9 Å². The third-order valence-corrected chi connectivity index (χ3v) is 7.36. The molecular weight excluding hydrogens is 441 g/mol. The van der Waals surface area contributed by atoms with E-state index in [4.69, 9.17) is 23.2 Å². The molecule has 1 aromatic heterocycles. The fourth-order valence-electron chi connectivity index (χ4n) is 2.87. The van der Waals surface area contributed by atoms with E-state index in [-0.39, 0.29) is 20.6 Å². The van der Waals surface area contributed by atoms with Gasteiger partial charge in [-0.05, 0) is 25.1 Å². The normalized spacial score (nSPS) is 17.3. The van der Waals surface area contributed by atoms with Crippen LogP contribution in [0.5, 0.6) is 0 Å². The molecule has 0 fully saturated rings. The molecule has 1 aliphatic heterocycles. The lowest BCUT2D eigenvalue weighted by molar-refractivity contribution is -0.119. The number of rotatable bonds is 3. The molecular formula is C17H19Cl2N5O4S. The second-order valence-electron chi connectivity index (χ2n) is 6.65. The molecule has 1 N–H and O–H groups in total. The van der Waals surface area contributed by atoms with Gasteiger partial charge in [-0.2, -0.15) is 9.40 Å². The van der Waals surface area contributed by atoms with Crippen LogP contribution >= 0.6 is 23.2 Å². The van der Waals surface area contributed by atoms with E-state index in [1.807, 2.05) is 4.90 Å². The summed E-state index contributed by atoms with van der Waals surface area (Å²) in [6.45, 7) is 2.35. The molecule has 0 aliphatic carbocycles. The lowest BCUT2D eigenvalue weighted by atomic mass is 10.2. The Morgan fingerprint density at radius 3 is 2.62 bits per heavy atom. The first-order valence-electron chi connectivity index (χ1n) is 8.59. The first-order valence-corrected chi connectivity index (χ1v) is 10.8. The van der Waals surface area contributed by atoms with Crippen molar-refractivity contribution in [1.29, 1.82) is 0 Å². The molecule has 1 amide bonds. The molecule has 1 aromatic carbocycles. The quantitative estimate of drug-likeness (QED) is 0.750. The van der Waals surface area contributed by atoms with Crippen molar-refractivity contribution in [1.82, 2.24) is 14.1 Å². The van der Waals surface area contributed by atoms with E-state index in [2.05, 4.69) is 10.4 Å². The summed E-state index contributed by atoms with van der Waals surface area (Å²) in [5.74, 6) is -0.564. The lowest BCUT2D eigenvalue weighted by Crippen LogP contribution is -2.33. The zero-order valence-electron chi connectivity index (χ0n) is 15.9. The van der Waals surface area contributed by atoms with Crippen molar-refractivity contribution in [3.63, 3.8) is 0 Å². The van der Waals surface area contributed by atoms with Crippen molar-refractivity contribution in [3.8, 4) is 0 Å². The number of likely N-dealkylation sites (N-methyl/N-ethyl adjacent to an activating group) is 2. The average molecular weight is 460 g/mol. The Hall–Kier alpha value is -2.14. The Labute approximate surface area is 177 Å². The van der Waals surface area contributed by atoms with Crippen LogP contribution in [0, 0.1) is 0 Å². The maximum absolute atomic E-state index is 12.8. The monoisotopic (exact) mass is 459 g/mol. The lowest BCUT2D eigenvalue weighted by Gasteiger charge is -2.19. The van der Waals surface area contributed by atoms with Gasteiger partial charge in [0.25, 0.3) is 5.56 Å². The molecule has 156 valence electrons. The smallest absolute Gasteiger partial charge is 0.287 e. The minimum Gasteiger partial charge on any atom is -0.372 e. The maximum Gasteiger partial charge on any atom is 0.287 e. The van der Waals surface area contributed by atoms with Gasteiger partial charge in [-0.25, -0.2) is 13.1 Å². The number of benzene rings is 1. The summed E-state index contributed by atoms with van der Waals surface area (Å²) in [6.07, 6.45) is 1.18. The second-order valence-corrected chi connectivity index (χ2v) is 9.45. The molecule has 0 bridgehead atoms. The molecule has 3 rings (SSSR count). The number of sulfonamides is 1. The second kappa shape index (κ2) is 7.94. The van der Waals surface area contributed by atoms with E-state index >= 15 is 0 Å². The van der Waals surface area contributed by atoms with Gasteiger partial charge in [0.15, 0.2) is 0 Å². The van der Waals surface area contributed by atoms with Gasteiger partial charge in [0.2, 0.25) is 15.9 Å². The third-order valence-electron chi connectivity index (χ3n) is 4.72. The van der Waals surface area contributed by atoms with Crippen LogP contribution in [0.25, 0.3) is 0 Å². The van der Waals surface area contributed by atoms with Crippen LogP contribution < -0.4 is 15.8 Å². The molecule has 0 spiro atoms. The number of carbonyl (C=O) groups excluding carboxylic acids is 1. The highest BCUT2D eigenvalue weighted by Crippen LogP contribution is 2.32. The number of fused-ring (bicyclic) bond motifs is 1. The molecule has 1 aliphatic rings. The number of aromatic nitrogens is 2. The van der Waals surface area contributed by atoms with E-state index < -0.39 is 27.5 Å². The van der Waals surface area contributed by atoms with Crippen molar-refractivity contribution in [3.05, 3.63) is 44.8 Å². The summed E-state index contributed by atoms with van der Waals surface area (Å²) in [6, 6.07) is 3.64. The fourth-order valence-corrected chi connectivity index (χ4v) is 4.55. The van der Waals surface area contributed by atoms with E-state index in [0.717, 1.165) is 4.68 Å². The van der Waals surface area contributed by atoms with Gasteiger partial charge in [-0.1, -0.05) is 23.2 Å². The Balaban J connectivity index is 1.93. The first-order chi connectivity index (χ1) is 13.5. The van der Waals surface area contributed by atoms with Crippen molar-refractivity contribution in [2.45, 2.75) is 17.9 Å². The molecule has 2 heterocycles. The summed E-state index contributed by atoms with van der Waals surface area (Å²) in [5.41, 5.74) is 0.123. The summed E-state index contributed by atoms with van der Waals surface area (Å²) in [4.78, 5) is 26.7. The number of hydrogen-bond donors (Lipinski definition) is 1. The molecule has 2 aromatic rings. The highest BCUT2D eigenvalue weighted by Gasteiger charge is 2.29. The number of anilines is 2. The summed E-state index contributed by atoms with van der Waals surface area (Å²) < 4.78 is 27.7. The predicted molar refractivity (Wildman–Crippen MR) is 111 cm³/mol. The van der Waals surface area contributed by atoms with Crippen LogP contribution in [0.1, 0.15) is 13.0 Å². The highest BCUT2D eigenvalue weighted by molar-refractivity contribution is 7.89. The Morgan fingerprint density at radius 1 is 1.24 bits per heavy atom. The third kappa shape index (κ3) is 3.97. The van der Waals surface area contributed by atoms with Gasteiger partial charge >= 0.3 is 0 Å². The Morgan fingerprint density at radius 2 is 1.93 bits per heavy atom.